The smallest absolute Gasteiger partial charge is 0.115 e. The van der Waals surface area contributed by atoms with Gasteiger partial charge in [0.2, 0.25) is 0 Å². The lowest BCUT2D eigenvalue weighted by atomic mass is 10.3. The molecule has 0 radical (unpaired) electrons. The number of phenols is 2. The second-order valence-corrected chi connectivity index (χ2v) is 4.23. The van der Waals surface area contributed by atoms with E-state index < -0.39 is 0 Å². The Hall–Kier alpha value is -2.04. The molecule has 4 heteroatoms. The fraction of sp³-hybridized carbons (Fsp3) is 0.400. The van der Waals surface area contributed by atoms with Crippen LogP contribution in [-0.4, -0.2) is 36.6 Å². The van der Waals surface area contributed by atoms with Crippen LogP contribution in [0, 0.1) is 0 Å². The Labute approximate surface area is 146 Å². The minimum atomic E-state index is 0.322. The van der Waals surface area contributed by atoms with Gasteiger partial charge in [0, 0.05) is 26.4 Å². The van der Waals surface area contributed by atoms with Crippen molar-refractivity contribution >= 4 is 0 Å². The summed E-state index contributed by atoms with van der Waals surface area (Å²) in [5.41, 5.74) is 0. The third kappa shape index (κ3) is 22.2. The molecule has 2 aromatic carbocycles. The quantitative estimate of drug-likeness (QED) is 0.836. The van der Waals surface area contributed by atoms with Crippen molar-refractivity contribution in [1.82, 2.24) is 0 Å². The van der Waals surface area contributed by atoms with Crippen LogP contribution in [0.4, 0.5) is 0 Å². The number of rotatable bonds is 4. The highest BCUT2D eigenvalue weighted by Crippen LogP contribution is 2.03. The fourth-order valence-electron chi connectivity index (χ4n) is 1.26. The number of phenolic OH excluding ortho intramolecular Hbond substituents is 2. The standard InChI is InChI=1S/2C6H6O.2C4H10O/c2*7-6-4-2-1-3-5-6;2*1-3-5-4-2/h2*1-5,7H;2*3-4H2,1-2H3. The number of hydrogen-bond donors (Lipinski definition) is 2. The molecule has 4 nitrogen and oxygen atoms in total. The first kappa shape index (κ1) is 24.2. The third-order valence-corrected chi connectivity index (χ3v) is 2.33. The number of para-hydroxylation sites is 2. The van der Waals surface area contributed by atoms with Crippen molar-refractivity contribution < 1.29 is 19.7 Å². The molecule has 136 valence electrons. The maximum atomic E-state index is 8.63. The fourth-order valence-corrected chi connectivity index (χ4v) is 1.26. The van der Waals surface area contributed by atoms with Gasteiger partial charge in [0.25, 0.3) is 0 Å². The van der Waals surface area contributed by atoms with Crippen LogP contribution >= 0.6 is 0 Å². The van der Waals surface area contributed by atoms with Crippen LogP contribution in [0.1, 0.15) is 27.7 Å². The number of ether oxygens (including phenoxy) is 2. The molecule has 0 saturated heterocycles. The van der Waals surface area contributed by atoms with Gasteiger partial charge in [-0.3, -0.25) is 0 Å². The van der Waals surface area contributed by atoms with E-state index in [1.54, 1.807) is 48.5 Å². The lowest BCUT2D eigenvalue weighted by Crippen LogP contribution is -1.84. The molecule has 0 fully saturated rings. The zero-order valence-corrected chi connectivity index (χ0v) is 15.3. The molecule has 0 aliphatic carbocycles. The Balaban J connectivity index is 0. The van der Waals surface area contributed by atoms with E-state index in [1.165, 1.54) is 0 Å². The summed E-state index contributed by atoms with van der Waals surface area (Å²) >= 11 is 0. The van der Waals surface area contributed by atoms with Gasteiger partial charge in [-0.1, -0.05) is 36.4 Å². The average Bonchev–Trinajstić information content (AvgIpc) is 2.59. The van der Waals surface area contributed by atoms with Crippen LogP contribution in [-0.2, 0) is 9.47 Å². The molecule has 0 saturated carbocycles. The highest BCUT2D eigenvalue weighted by Gasteiger charge is 1.75. The normalized spacial score (nSPS) is 8.50. The molecule has 24 heavy (non-hydrogen) atoms. The summed E-state index contributed by atoms with van der Waals surface area (Å²) in [5.74, 6) is 0.644. The molecule has 0 amide bonds. The molecule has 0 spiro atoms. The van der Waals surface area contributed by atoms with Crippen LogP contribution in [0.5, 0.6) is 11.5 Å². The Morgan fingerprint density at radius 2 is 0.792 bits per heavy atom. The van der Waals surface area contributed by atoms with Gasteiger partial charge in [0.05, 0.1) is 0 Å². The van der Waals surface area contributed by atoms with Crippen molar-refractivity contribution in [3.8, 4) is 11.5 Å². The molecule has 0 bridgehead atoms. The number of aromatic hydroxyl groups is 2. The second-order valence-electron chi connectivity index (χ2n) is 4.23. The number of hydrogen-bond acceptors (Lipinski definition) is 4. The second kappa shape index (κ2) is 21.0. The monoisotopic (exact) mass is 336 g/mol. The highest BCUT2D eigenvalue weighted by atomic mass is 16.5. The summed E-state index contributed by atoms with van der Waals surface area (Å²) < 4.78 is 9.67. The van der Waals surface area contributed by atoms with E-state index in [-0.39, 0.29) is 0 Å². The molecule has 0 aliphatic heterocycles. The van der Waals surface area contributed by atoms with Crippen molar-refractivity contribution in [1.29, 1.82) is 0 Å². The summed E-state index contributed by atoms with van der Waals surface area (Å²) in [4.78, 5) is 0. The molecule has 2 aromatic rings. The van der Waals surface area contributed by atoms with E-state index in [2.05, 4.69) is 0 Å². The first-order valence-electron chi connectivity index (χ1n) is 8.25. The molecule has 0 atom stereocenters. The topological polar surface area (TPSA) is 58.9 Å². The minimum Gasteiger partial charge on any atom is -0.508 e. The molecular formula is C20H32O4. The Kier molecular flexibility index (Phi) is 21.1. The molecular weight excluding hydrogens is 304 g/mol. The van der Waals surface area contributed by atoms with Gasteiger partial charge in [-0.2, -0.15) is 0 Å². The maximum Gasteiger partial charge on any atom is 0.115 e. The Bertz CT molecular complexity index is 384. The first-order chi connectivity index (χ1) is 11.6. The summed E-state index contributed by atoms with van der Waals surface area (Å²) in [6, 6.07) is 17.4. The third-order valence-electron chi connectivity index (χ3n) is 2.33. The largest absolute Gasteiger partial charge is 0.508 e. The van der Waals surface area contributed by atoms with Crippen LogP contribution in [0.15, 0.2) is 60.7 Å². The lowest BCUT2D eigenvalue weighted by Gasteiger charge is -1.86. The molecule has 0 heterocycles. The van der Waals surface area contributed by atoms with E-state index in [4.69, 9.17) is 19.7 Å². The van der Waals surface area contributed by atoms with Crippen LogP contribution in [0.2, 0.25) is 0 Å². The lowest BCUT2D eigenvalue weighted by molar-refractivity contribution is 0.162. The van der Waals surface area contributed by atoms with Gasteiger partial charge in [-0.05, 0) is 52.0 Å². The van der Waals surface area contributed by atoms with Gasteiger partial charge < -0.3 is 19.7 Å². The molecule has 2 rings (SSSR count). The molecule has 0 unspecified atom stereocenters. The van der Waals surface area contributed by atoms with Gasteiger partial charge >= 0.3 is 0 Å². The van der Waals surface area contributed by atoms with Crippen molar-refractivity contribution in [2.75, 3.05) is 26.4 Å². The SMILES string of the molecule is CCOCC.CCOCC.Oc1ccccc1.Oc1ccccc1. The zero-order chi connectivity index (χ0) is 18.5. The molecule has 0 aromatic heterocycles. The summed E-state index contributed by atoms with van der Waals surface area (Å²) in [6.45, 7) is 11.3. The van der Waals surface area contributed by atoms with Crippen LogP contribution < -0.4 is 0 Å². The predicted molar refractivity (Wildman–Crippen MR) is 101 cm³/mol. The minimum absolute atomic E-state index is 0.322. The van der Waals surface area contributed by atoms with Gasteiger partial charge in [-0.25, -0.2) is 0 Å². The van der Waals surface area contributed by atoms with Crippen molar-refractivity contribution in [2.45, 2.75) is 27.7 Å². The van der Waals surface area contributed by atoms with Gasteiger partial charge in [0.15, 0.2) is 0 Å². The zero-order valence-electron chi connectivity index (χ0n) is 15.3. The van der Waals surface area contributed by atoms with E-state index >= 15 is 0 Å². The summed E-state index contributed by atoms with van der Waals surface area (Å²) in [6.07, 6.45) is 0. The van der Waals surface area contributed by atoms with E-state index in [0.717, 1.165) is 26.4 Å². The highest BCUT2D eigenvalue weighted by molar-refractivity contribution is 5.19. The van der Waals surface area contributed by atoms with E-state index in [1.807, 2.05) is 39.8 Å². The van der Waals surface area contributed by atoms with Crippen molar-refractivity contribution in [2.24, 2.45) is 0 Å². The molecule has 2 N–H and O–H groups in total. The Morgan fingerprint density at radius 1 is 0.542 bits per heavy atom. The first-order valence-corrected chi connectivity index (χ1v) is 8.25. The number of benzene rings is 2. The summed E-state index contributed by atoms with van der Waals surface area (Å²) in [7, 11) is 0. The Morgan fingerprint density at radius 3 is 0.875 bits per heavy atom. The van der Waals surface area contributed by atoms with Crippen LogP contribution in [0.3, 0.4) is 0 Å². The van der Waals surface area contributed by atoms with Crippen LogP contribution in [0.25, 0.3) is 0 Å². The van der Waals surface area contributed by atoms with Gasteiger partial charge in [0.1, 0.15) is 11.5 Å². The van der Waals surface area contributed by atoms with Crippen molar-refractivity contribution in [3.05, 3.63) is 60.7 Å². The van der Waals surface area contributed by atoms with E-state index in [0.29, 0.717) is 11.5 Å². The summed E-state index contributed by atoms with van der Waals surface area (Å²) in [5, 5.41) is 17.3. The average molecular weight is 336 g/mol. The predicted octanol–water partition coefficient (Wildman–Crippen LogP) is 4.87. The van der Waals surface area contributed by atoms with Gasteiger partial charge in [-0.15, -0.1) is 0 Å². The molecule has 0 aliphatic rings. The van der Waals surface area contributed by atoms with Crippen molar-refractivity contribution in [3.63, 3.8) is 0 Å². The van der Waals surface area contributed by atoms with E-state index in [9.17, 15) is 0 Å². The maximum absolute atomic E-state index is 8.63.